The van der Waals surface area contributed by atoms with Crippen molar-refractivity contribution in [1.29, 1.82) is 0 Å². The third kappa shape index (κ3) is 4.54. The van der Waals surface area contributed by atoms with E-state index in [1.54, 1.807) is 0 Å². The fourth-order valence-corrected chi connectivity index (χ4v) is 3.37. The predicted octanol–water partition coefficient (Wildman–Crippen LogP) is 2.23. The Kier molecular flexibility index (Phi) is 5.78. The number of anilines is 1. The van der Waals surface area contributed by atoms with E-state index in [1.165, 1.54) is 0 Å². The number of likely N-dealkylation sites (N-methyl/N-ethyl adjacent to an activating group) is 1. The normalized spacial score (nSPS) is 17.3. The summed E-state index contributed by atoms with van der Waals surface area (Å²) in [7, 11) is 4.01. The summed E-state index contributed by atoms with van der Waals surface area (Å²) in [6.07, 6.45) is 4.14. The van der Waals surface area contributed by atoms with Gasteiger partial charge in [-0.1, -0.05) is 0 Å². The lowest BCUT2D eigenvalue weighted by Crippen LogP contribution is -2.40. The molecule has 3 N–H and O–H groups in total. The lowest BCUT2D eigenvalue weighted by Gasteiger charge is -2.26. The van der Waals surface area contributed by atoms with Crippen LogP contribution in [0.15, 0.2) is 30.5 Å². The number of hydrogen-bond donors (Lipinski definition) is 3. The maximum absolute atomic E-state index is 12.1. The molecule has 2 aromatic rings. The van der Waals surface area contributed by atoms with Crippen molar-refractivity contribution in [3.8, 4) is 0 Å². The van der Waals surface area contributed by atoms with Crippen molar-refractivity contribution in [3.05, 3.63) is 30.5 Å². The highest BCUT2D eigenvalue weighted by atomic mass is 16.2. The van der Waals surface area contributed by atoms with Crippen LogP contribution in [-0.2, 0) is 4.79 Å². The topological polar surface area (TPSA) is 80.5 Å². The van der Waals surface area contributed by atoms with Gasteiger partial charge in [-0.25, -0.2) is 4.79 Å². The minimum Gasteiger partial charge on any atom is -0.361 e. The highest BCUT2D eigenvalue weighted by Gasteiger charge is 2.30. The molecular weight excluding hydrogens is 330 g/mol. The van der Waals surface area contributed by atoms with E-state index in [-0.39, 0.29) is 18.0 Å². The SMILES string of the molecule is CN(C)CCN1C(=O)CCC1CCNC(=O)Nc1ccc2[nH]ccc2c1. The number of aromatic nitrogens is 1. The van der Waals surface area contributed by atoms with E-state index in [9.17, 15) is 9.59 Å². The van der Waals surface area contributed by atoms with Crippen molar-refractivity contribution in [2.24, 2.45) is 0 Å². The number of hydrogen-bond acceptors (Lipinski definition) is 3. The minimum absolute atomic E-state index is 0.218. The molecule has 7 nitrogen and oxygen atoms in total. The van der Waals surface area contributed by atoms with Gasteiger partial charge in [-0.05, 0) is 51.2 Å². The van der Waals surface area contributed by atoms with Gasteiger partial charge in [0.05, 0.1) is 0 Å². The number of fused-ring (bicyclic) bond motifs is 1. The van der Waals surface area contributed by atoms with Crippen LogP contribution in [0, 0.1) is 0 Å². The molecule has 26 heavy (non-hydrogen) atoms. The van der Waals surface area contributed by atoms with Gasteiger partial charge in [0, 0.05) is 54.9 Å². The van der Waals surface area contributed by atoms with E-state index < -0.39 is 0 Å². The molecule has 1 atom stereocenters. The first-order valence-electron chi connectivity index (χ1n) is 9.09. The van der Waals surface area contributed by atoms with Gasteiger partial charge >= 0.3 is 6.03 Å². The third-order valence-electron chi connectivity index (χ3n) is 4.81. The van der Waals surface area contributed by atoms with Crippen molar-refractivity contribution in [1.82, 2.24) is 20.1 Å². The summed E-state index contributed by atoms with van der Waals surface area (Å²) in [6.45, 7) is 2.16. The van der Waals surface area contributed by atoms with Crippen LogP contribution >= 0.6 is 0 Å². The van der Waals surface area contributed by atoms with Gasteiger partial charge in [0.2, 0.25) is 5.91 Å². The number of nitrogens with one attached hydrogen (secondary N) is 3. The first-order chi connectivity index (χ1) is 12.5. The summed E-state index contributed by atoms with van der Waals surface area (Å²) in [5.74, 6) is 0.223. The number of benzene rings is 1. The van der Waals surface area contributed by atoms with Crippen molar-refractivity contribution < 1.29 is 9.59 Å². The number of carbonyl (C=O) groups is 2. The van der Waals surface area contributed by atoms with Gasteiger partial charge in [-0.2, -0.15) is 0 Å². The van der Waals surface area contributed by atoms with Crippen LogP contribution in [-0.4, -0.2) is 66.5 Å². The van der Waals surface area contributed by atoms with Crippen LogP contribution in [0.3, 0.4) is 0 Å². The number of amides is 3. The quantitative estimate of drug-likeness (QED) is 0.711. The van der Waals surface area contributed by atoms with E-state index in [2.05, 4.69) is 20.5 Å². The van der Waals surface area contributed by atoms with E-state index in [4.69, 9.17) is 0 Å². The van der Waals surface area contributed by atoms with E-state index in [1.807, 2.05) is 49.5 Å². The molecule has 1 aliphatic rings. The average Bonchev–Trinajstić information content (AvgIpc) is 3.19. The molecule has 1 aliphatic heterocycles. The molecule has 3 rings (SSSR count). The minimum atomic E-state index is -0.218. The number of H-pyrrole nitrogens is 1. The Hall–Kier alpha value is -2.54. The van der Waals surface area contributed by atoms with Gasteiger partial charge in [0.15, 0.2) is 0 Å². The van der Waals surface area contributed by atoms with E-state index >= 15 is 0 Å². The molecule has 0 saturated carbocycles. The zero-order valence-corrected chi connectivity index (χ0v) is 15.4. The number of likely N-dealkylation sites (tertiary alicyclic amines) is 1. The molecule has 1 unspecified atom stereocenters. The van der Waals surface area contributed by atoms with Gasteiger partial charge in [-0.3, -0.25) is 4.79 Å². The van der Waals surface area contributed by atoms with Crippen molar-refractivity contribution in [3.63, 3.8) is 0 Å². The van der Waals surface area contributed by atoms with Crippen molar-refractivity contribution in [2.45, 2.75) is 25.3 Å². The average molecular weight is 357 g/mol. The number of rotatable bonds is 7. The number of nitrogens with zero attached hydrogens (tertiary/aromatic N) is 2. The van der Waals surface area contributed by atoms with Crippen LogP contribution in [0.2, 0.25) is 0 Å². The summed E-state index contributed by atoms with van der Waals surface area (Å²) >= 11 is 0. The highest BCUT2D eigenvalue weighted by Crippen LogP contribution is 2.21. The Morgan fingerprint density at radius 1 is 1.35 bits per heavy atom. The number of aromatic amines is 1. The summed E-state index contributed by atoms with van der Waals surface area (Å²) in [6, 6.07) is 7.72. The molecule has 0 aliphatic carbocycles. The van der Waals surface area contributed by atoms with Gasteiger partial charge in [-0.15, -0.1) is 0 Å². The van der Waals surface area contributed by atoms with Crippen molar-refractivity contribution >= 4 is 28.5 Å². The smallest absolute Gasteiger partial charge is 0.319 e. The molecule has 3 amide bonds. The Morgan fingerprint density at radius 2 is 2.19 bits per heavy atom. The fraction of sp³-hybridized carbons (Fsp3) is 0.474. The van der Waals surface area contributed by atoms with Crippen LogP contribution in [0.25, 0.3) is 10.9 Å². The number of carbonyl (C=O) groups excluding carboxylic acids is 2. The highest BCUT2D eigenvalue weighted by molar-refractivity contribution is 5.92. The molecule has 1 saturated heterocycles. The Labute approximate surface area is 153 Å². The third-order valence-corrected chi connectivity index (χ3v) is 4.81. The van der Waals surface area contributed by atoms with E-state index in [0.29, 0.717) is 13.0 Å². The fourth-order valence-electron chi connectivity index (χ4n) is 3.37. The molecular formula is C19H27N5O2. The molecule has 0 bridgehead atoms. The second kappa shape index (κ2) is 8.23. The van der Waals surface area contributed by atoms with Crippen LogP contribution in [0.4, 0.5) is 10.5 Å². The lowest BCUT2D eigenvalue weighted by atomic mass is 10.1. The first-order valence-corrected chi connectivity index (χ1v) is 9.09. The molecule has 140 valence electrons. The molecule has 0 spiro atoms. The lowest BCUT2D eigenvalue weighted by molar-refractivity contribution is -0.129. The molecule has 2 heterocycles. The summed E-state index contributed by atoms with van der Waals surface area (Å²) < 4.78 is 0. The summed E-state index contributed by atoms with van der Waals surface area (Å²) in [5, 5.41) is 6.81. The second-order valence-corrected chi connectivity index (χ2v) is 7.03. The Morgan fingerprint density at radius 3 is 3.00 bits per heavy atom. The molecule has 0 radical (unpaired) electrons. The molecule has 1 aromatic heterocycles. The largest absolute Gasteiger partial charge is 0.361 e. The standard InChI is InChI=1S/C19H27N5O2/c1-23(2)11-12-24-16(4-6-18(24)25)8-10-21-19(26)22-15-3-5-17-14(13-15)7-9-20-17/h3,5,7,9,13,16,20H,4,6,8,10-12H2,1-2H3,(H2,21,22,26). The van der Waals surface area contributed by atoms with Gasteiger partial charge in [0.25, 0.3) is 0 Å². The molecule has 1 fully saturated rings. The van der Waals surface area contributed by atoms with Crippen LogP contribution in [0.5, 0.6) is 0 Å². The summed E-state index contributed by atoms with van der Waals surface area (Å²) in [4.78, 5) is 31.3. The Bertz CT molecular complexity index is 770. The van der Waals surface area contributed by atoms with Crippen LogP contribution < -0.4 is 10.6 Å². The van der Waals surface area contributed by atoms with Gasteiger partial charge in [0.1, 0.15) is 0 Å². The molecule has 7 heteroatoms. The zero-order valence-electron chi connectivity index (χ0n) is 15.4. The second-order valence-electron chi connectivity index (χ2n) is 7.03. The predicted molar refractivity (Wildman–Crippen MR) is 103 cm³/mol. The van der Waals surface area contributed by atoms with Crippen molar-refractivity contribution in [2.75, 3.05) is 39.0 Å². The maximum atomic E-state index is 12.1. The number of urea groups is 1. The van der Waals surface area contributed by atoms with E-state index in [0.717, 1.165) is 42.5 Å². The first kappa shape index (κ1) is 18.3. The molecule has 1 aromatic carbocycles. The monoisotopic (exact) mass is 357 g/mol. The van der Waals surface area contributed by atoms with Gasteiger partial charge < -0.3 is 25.4 Å². The summed E-state index contributed by atoms with van der Waals surface area (Å²) in [5.41, 5.74) is 1.80. The zero-order chi connectivity index (χ0) is 18.5. The maximum Gasteiger partial charge on any atom is 0.319 e. The Balaban J connectivity index is 1.44. The van der Waals surface area contributed by atoms with Crippen LogP contribution in [0.1, 0.15) is 19.3 Å².